The minimum Gasteiger partial charge on any atom is -0.233 e. The molecule has 0 fully saturated rings. The molecule has 1 aromatic heterocycles. The van der Waals surface area contributed by atoms with E-state index < -0.39 is 21.9 Å². The number of nitrogens with zero attached hydrogens (tertiary/aromatic N) is 2. The van der Waals surface area contributed by atoms with Crippen molar-refractivity contribution in [2.45, 2.75) is 18.0 Å². The molecule has 0 radical (unpaired) electrons. The van der Waals surface area contributed by atoms with Crippen LogP contribution < -0.4 is 5.14 Å². The van der Waals surface area contributed by atoms with Gasteiger partial charge < -0.3 is 0 Å². The summed E-state index contributed by atoms with van der Waals surface area (Å²) >= 11 is 0. The molecule has 0 aliphatic heterocycles. The smallest absolute Gasteiger partial charge is 0.233 e. The molecule has 0 saturated heterocycles. The van der Waals surface area contributed by atoms with Gasteiger partial charge in [0.05, 0.1) is 16.3 Å². The van der Waals surface area contributed by atoms with Crippen molar-refractivity contribution in [3.8, 4) is 16.9 Å². The Labute approximate surface area is 166 Å². The first-order valence-electron chi connectivity index (χ1n) is 7.43. The maximum atomic E-state index is 13.1. The maximum Gasteiger partial charge on any atom is 0.435 e. The van der Waals surface area contributed by atoms with Crippen LogP contribution in [0.5, 0.6) is 0 Å². The summed E-state index contributed by atoms with van der Waals surface area (Å²) in [4.78, 5) is -0.138. The molecule has 0 atom stereocenters. The van der Waals surface area contributed by atoms with Crippen molar-refractivity contribution in [3.63, 3.8) is 0 Å². The van der Waals surface area contributed by atoms with Crippen molar-refractivity contribution in [2.75, 3.05) is 0 Å². The van der Waals surface area contributed by atoms with Gasteiger partial charge >= 0.3 is 6.18 Å². The van der Waals surface area contributed by atoms with Gasteiger partial charge in [0.1, 0.15) is 0 Å². The summed E-state index contributed by atoms with van der Waals surface area (Å²) in [6.07, 6.45) is -4.61. The zero-order valence-electron chi connectivity index (χ0n) is 14.2. The molecular weight excluding hydrogens is 433 g/mol. The molecule has 0 spiro atoms. The second kappa shape index (κ2) is 7.54. The number of nitrogens with two attached hydrogens (primary N) is 1. The number of rotatable bonds is 3. The van der Waals surface area contributed by atoms with Crippen LogP contribution in [0.25, 0.3) is 16.9 Å². The Balaban J connectivity index is 0.00000261. The van der Waals surface area contributed by atoms with Gasteiger partial charge in [-0.15, -0.1) is 0 Å². The Kier molecular flexibility index (Phi) is 5.94. The topological polar surface area (TPSA) is 78.0 Å². The van der Waals surface area contributed by atoms with E-state index in [-0.39, 0.29) is 35.8 Å². The molecule has 0 amide bonds. The maximum absolute atomic E-state index is 13.1. The third-order valence-electron chi connectivity index (χ3n) is 3.76. The largest absolute Gasteiger partial charge is 0.435 e. The molecule has 27 heavy (non-hydrogen) atoms. The third-order valence-corrected chi connectivity index (χ3v) is 4.69. The molecule has 0 aliphatic carbocycles. The van der Waals surface area contributed by atoms with Crippen molar-refractivity contribution in [3.05, 3.63) is 65.9 Å². The number of aryl methyl sites for hydroxylation is 1. The van der Waals surface area contributed by atoms with E-state index in [4.69, 9.17) is 5.14 Å². The predicted molar refractivity (Wildman–Crippen MR) is 90.1 cm³/mol. The number of halogens is 3. The van der Waals surface area contributed by atoms with Crippen LogP contribution >= 0.6 is 0 Å². The van der Waals surface area contributed by atoms with E-state index in [1.807, 2.05) is 6.92 Å². The molecule has 10 heteroatoms. The summed E-state index contributed by atoms with van der Waals surface area (Å²) in [6.45, 7) is 1.87. The molecular formula is C17H14F3N3O2SZn. The molecule has 0 bridgehead atoms. The van der Waals surface area contributed by atoms with Gasteiger partial charge in [-0.2, -0.15) is 18.3 Å². The molecule has 0 saturated carbocycles. The number of alkyl halides is 3. The zero-order chi connectivity index (χ0) is 19.1. The van der Waals surface area contributed by atoms with Crippen LogP contribution in [-0.2, 0) is 35.7 Å². The summed E-state index contributed by atoms with van der Waals surface area (Å²) in [6, 6.07) is 13.1. The second-order valence-electron chi connectivity index (χ2n) is 5.73. The summed E-state index contributed by atoms with van der Waals surface area (Å²) in [5, 5.41) is 8.70. The second-order valence-corrected chi connectivity index (χ2v) is 7.29. The van der Waals surface area contributed by atoms with Gasteiger partial charge in [-0.25, -0.2) is 18.2 Å². The Hall–Kier alpha value is -2.03. The summed E-state index contributed by atoms with van der Waals surface area (Å²) < 4.78 is 63.2. The van der Waals surface area contributed by atoms with Gasteiger partial charge in [0, 0.05) is 25.0 Å². The first-order chi connectivity index (χ1) is 12.1. The minimum atomic E-state index is -4.61. The molecule has 0 unspecified atom stereocenters. The van der Waals surface area contributed by atoms with E-state index in [0.29, 0.717) is 5.56 Å². The standard InChI is InChI=1S/C17H14F3N3O2S.Zn/c1-11-2-4-12(5-3-11)15-10-16(17(18,19)20)22-23(15)13-6-8-14(9-7-13)26(21,24)25;/h2-10H,1H3,(H2,21,24,25);. The van der Waals surface area contributed by atoms with Gasteiger partial charge in [0.2, 0.25) is 10.0 Å². The number of sulfonamides is 1. The average molecular weight is 447 g/mol. The summed E-state index contributed by atoms with van der Waals surface area (Å²) in [5.41, 5.74) is 0.996. The van der Waals surface area contributed by atoms with E-state index in [2.05, 4.69) is 5.10 Å². The normalized spacial score (nSPS) is 11.9. The average Bonchev–Trinajstić information content (AvgIpc) is 3.00. The Bertz CT molecular complexity index is 1040. The van der Waals surface area contributed by atoms with Gasteiger partial charge in [0.15, 0.2) is 5.69 Å². The molecule has 3 aromatic rings. The fourth-order valence-corrected chi connectivity index (χ4v) is 2.94. The van der Waals surface area contributed by atoms with E-state index in [0.717, 1.165) is 16.3 Å². The molecule has 0 aliphatic rings. The van der Waals surface area contributed by atoms with Gasteiger partial charge in [-0.05, 0) is 37.3 Å². The Morgan fingerprint density at radius 2 is 1.56 bits per heavy atom. The fraction of sp³-hybridized carbons (Fsp3) is 0.118. The third kappa shape index (κ3) is 4.63. The predicted octanol–water partition coefficient (Wildman–Crippen LogP) is 3.51. The van der Waals surface area contributed by atoms with Crippen LogP contribution in [0.2, 0.25) is 0 Å². The van der Waals surface area contributed by atoms with Crippen molar-refractivity contribution >= 4 is 10.0 Å². The van der Waals surface area contributed by atoms with Crippen LogP contribution in [0, 0.1) is 6.92 Å². The quantitative estimate of drug-likeness (QED) is 0.625. The summed E-state index contributed by atoms with van der Waals surface area (Å²) in [7, 11) is -3.90. The van der Waals surface area contributed by atoms with Crippen LogP contribution in [0.15, 0.2) is 59.5 Å². The number of hydrogen-bond acceptors (Lipinski definition) is 3. The molecule has 2 N–H and O–H groups in total. The van der Waals surface area contributed by atoms with Gasteiger partial charge in [-0.3, -0.25) is 0 Å². The van der Waals surface area contributed by atoms with Crippen molar-refractivity contribution in [1.82, 2.24) is 9.78 Å². The monoisotopic (exact) mass is 445 g/mol. The van der Waals surface area contributed by atoms with Crippen LogP contribution in [0.4, 0.5) is 13.2 Å². The molecule has 2 aromatic carbocycles. The number of aromatic nitrogens is 2. The first kappa shape index (κ1) is 21.3. The van der Waals surface area contributed by atoms with Gasteiger partial charge in [0.25, 0.3) is 0 Å². The molecule has 1 heterocycles. The molecule has 3 rings (SSSR count). The first-order valence-corrected chi connectivity index (χ1v) is 8.98. The van der Waals surface area contributed by atoms with Crippen LogP contribution in [0.1, 0.15) is 11.3 Å². The van der Waals surface area contributed by atoms with Crippen molar-refractivity contribution in [1.29, 1.82) is 0 Å². The van der Waals surface area contributed by atoms with E-state index >= 15 is 0 Å². The minimum absolute atomic E-state index is 0. The van der Waals surface area contributed by atoms with Crippen molar-refractivity contribution in [2.24, 2.45) is 5.14 Å². The van der Waals surface area contributed by atoms with E-state index in [1.54, 1.807) is 24.3 Å². The molecule has 138 valence electrons. The summed E-state index contributed by atoms with van der Waals surface area (Å²) in [5.74, 6) is 0. The SMILES string of the molecule is Cc1ccc(-c2cc(C(F)(F)F)nn2-c2ccc(S(N)(=O)=O)cc2)cc1.[Zn]. The molecule has 5 nitrogen and oxygen atoms in total. The fourth-order valence-electron chi connectivity index (χ4n) is 2.42. The van der Waals surface area contributed by atoms with Crippen LogP contribution in [-0.4, -0.2) is 18.2 Å². The number of hydrogen-bond donors (Lipinski definition) is 1. The Morgan fingerprint density at radius 3 is 2.04 bits per heavy atom. The van der Waals surface area contributed by atoms with Gasteiger partial charge in [-0.1, -0.05) is 29.8 Å². The van der Waals surface area contributed by atoms with E-state index in [1.165, 1.54) is 24.3 Å². The zero-order valence-corrected chi connectivity index (χ0v) is 18.0. The number of benzene rings is 2. The number of primary sulfonamides is 1. The van der Waals surface area contributed by atoms with E-state index in [9.17, 15) is 21.6 Å². The Morgan fingerprint density at radius 1 is 1.00 bits per heavy atom. The van der Waals surface area contributed by atoms with Crippen LogP contribution in [0.3, 0.4) is 0 Å². The van der Waals surface area contributed by atoms with Crippen molar-refractivity contribution < 1.29 is 41.1 Å².